The van der Waals surface area contributed by atoms with Gasteiger partial charge in [-0.15, -0.1) is 0 Å². The van der Waals surface area contributed by atoms with Crippen LogP contribution in [-0.2, 0) is 0 Å². The second-order valence-corrected chi connectivity index (χ2v) is 3.50. The van der Waals surface area contributed by atoms with E-state index in [4.69, 9.17) is 28.9 Å². The summed E-state index contributed by atoms with van der Waals surface area (Å²) in [5.41, 5.74) is 5.50. The minimum atomic E-state index is -0.694. The molecular weight excluding hydrogens is 256 g/mol. The molecule has 2 N–H and O–H groups in total. The zero-order chi connectivity index (χ0) is 8.59. The van der Waals surface area contributed by atoms with E-state index < -0.39 is 5.82 Å². The van der Waals surface area contributed by atoms with E-state index in [2.05, 4.69) is 15.9 Å². The van der Waals surface area contributed by atoms with Gasteiger partial charge in [-0.25, -0.2) is 4.39 Å². The summed E-state index contributed by atoms with van der Waals surface area (Å²) >= 11 is 14.0. The van der Waals surface area contributed by atoms with Crippen molar-refractivity contribution in [3.05, 3.63) is 26.4 Å². The minimum Gasteiger partial charge on any atom is -0.397 e. The van der Waals surface area contributed by atoms with E-state index in [0.29, 0.717) is 4.47 Å². The highest BCUT2D eigenvalue weighted by molar-refractivity contribution is 9.10. The fourth-order valence-electron chi connectivity index (χ4n) is 0.591. The molecule has 0 fully saturated rings. The molecule has 0 aliphatic carbocycles. The lowest BCUT2D eigenvalue weighted by molar-refractivity contribution is 0.628. The maximum absolute atomic E-state index is 12.9. The molecule has 0 bridgehead atoms. The molecule has 0 unspecified atom stereocenters. The normalized spacial score (nSPS) is 10.2. The standard InChI is InChI=1S/C6H3BrCl2FN/c7-2-1-3(11)5(9)6(10)4(2)8/h1H,11H2. The summed E-state index contributed by atoms with van der Waals surface area (Å²) in [6.07, 6.45) is 0. The van der Waals surface area contributed by atoms with Crippen LogP contribution in [-0.4, -0.2) is 0 Å². The summed E-state index contributed by atoms with van der Waals surface area (Å²) in [6, 6.07) is 1.45. The summed E-state index contributed by atoms with van der Waals surface area (Å²) in [6.45, 7) is 0. The van der Waals surface area contributed by atoms with Gasteiger partial charge in [0, 0.05) is 4.47 Å². The number of rotatable bonds is 0. The van der Waals surface area contributed by atoms with Crippen LogP contribution in [0.25, 0.3) is 0 Å². The Balaban J connectivity index is 3.46. The largest absolute Gasteiger partial charge is 0.397 e. The molecule has 1 rings (SSSR count). The first kappa shape index (κ1) is 9.10. The Morgan fingerprint density at radius 2 is 1.91 bits per heavy atom. The Kier molecular flexibility index (Phi) is 2.62. The summed E-state index contributed by atoms with van der Waals surface area (Å²) in [7, 11) is 0. The molecule has 1 nitrogen and oxygen atoms in total. The molecule has 0 amide bonds. The van der Waals surface area contributed by atoms with Crippen LogP contribution < -0.4 is 5.73 Å². The van der Waals surface area contributed by atoms with Gasteiger partial charge in [0.2, 0.25) is 0 Å². The lowest BCUT2D eigenvalue weighted by Gasteiger charge is -2.02. The van der Waals surface area contributed by atoms with E-state index >= 15 is 0 Å². The zero-order valence-electron chi connectivity index (χ0n) is 5.17. The molecule has 0 saturated carbocycles. The number of hydrogen-bond acceptors (Lipinski definition) is 1. The Hall–Kier alpha value is 0.01000. The highest BCUT2D eigenvalue weighted by Gasteiger charge is 2.11. The fourth-order valence-corrected chi connectivity index (χ4v) is 1.36. The summed E-state index contributed by atoms with van der Waals surface area (Å²) < 4.78 is 13.3. The van der Waals surface area contributed by atoms with E-state index in [9.17, 15) is 4.39 Å². The zero-order valence-corrected chi connectivity index (χ0v) is 8.26. The second-order valence-electron chi connectivity index (χ2n) is 1.89. The van der Waals surface area contributed by atoms with Gasteiger partial charge in [-0.3, -0.25) is 0 Å². The van der Waals surface area contributed by atoms with Crippen molar-refractivity contribution in [3.63, 3.8) is 0 Å². The number of anilines is 1. The molecule has 0 saturated heterocycles. The van der Waals surface area contributed by atoms with E-state index in [-0.39, 0.29) is 15.7 Å². The molecule has 1 aromatic carbocycles. The quantitative estimate of drug-likeness (QED) is 0.430. The van der Waals surface area contributed by atoms with Gasteiger partial charge in [-0.05, 0) is 22.0 Å². The highest BCUT2D eigenvalue weighted by atomic mass is 79.9. The van der Waals surface area contributed by atoms with Crippen LogP contribution in [0.3, 0.4) is 0 Å². The van der Waals surface area contributed by atoms with Crippen molar-refractivity contribution in [2.75, 3.05) is 5.73 Å². The molecule has 0 radical (unpaired) electrons. The first-order chi connectivity index (χ1) is 5.04. The van der Waals surface area contributed by atoms with Crippen LogP contribution in [0.4, 0.5) is 10.1 Å². The van der Waals surface area contributed by atoms with Crippen LogP contribution in [0.2, 0.25) is 10.0 Å². The van der Waals surface area contributed by atoms with Gasteiger partial charge >= 0.3 is 0 Å². The number of nitrogens with two attached hydrogens (primary N) is 1. The van der Waals surface area contributed by atoms with Crippen molar-refractivity contribution >= 4 is 44.8 Å². The third-order valence-electron chi connectivity index (χ3n) is 1.13. The van der Waals surface area contributed by atoms with E-state index in [0.717, 1.165) is 0 Å². The van der Waals surface area contributed by atoms with E-state index in [1.807, 2.05) is 0 Å². The highest BCUT2D eigenvalue weighted by Crippen LogP contribution is 2.34. The Bertz CT molecular complexity index is 277. The van der Waals surface area contributed by atoms with Gasteiger partial charge in [0.15, 0.2) is 5.82 Å². The molecule has 0 spiro atoms. The summed E-state index contributed by atoms with van der Waals surface area (Å²) in [4.78, 5) is 0. The Morgan fingerprint density at radius 3 is 2.45 bits per heavy atom. The van der Waals surface area contributed by atoms with E-state index in [1.54, 1.807) is 0 Å². The third-order valence-corrected chi connectivity index (χ3v) is 2.74. The Labute approximate surface area is 81.4 Å². The molecule has 0 atom stereocenters. The average molecular weight is 259 g/mol. The minimum absolute atomic E-state index is 0.0517. The fraction of sp³-hybridized carbons (Fsp3) is 0. The van der Waals surface area contributed by atoms with Crippen LogP contribution >= 0.6 is 39.1 Å². The molecular formula is C6H3BrCl2FN. The van der Waals surface area contributed by atoms with Gasteiger partial charge in [0.05, 0.1) is 10.7 Å². The van der Waals surface area contributed by atoms with Crippen LogP contribution in [0, 0.1) is 5.82 Å². The van der Waals surface area contributed by atoms with Gasteiger partial charge in [0.1, 0.15) is 5.02 Å². The topological polar surface area (TPSA) is 26.0 Å². The predicted molar refractivity (Wildman–Crippen MR) is 48.5 cm³/mol. The molecule has 60 valence electrons. The number of benzene rings is 1. The molecule has 0 aliphatic rings. The first-order valence-corrected chi connectivity index (χ1v) is 4.17. The van der Waals surface area contributed by atoms with Gasteiger partial charge in [-0.1, -0.05) is 23.2 Å². The third kappa shape index (κ3) is 1.60. The molecule has 0 aromatic heterocycles. The summed E-state index contributed by atoms with van der Waals surface area (Å²) in [5, 5.41) is -0.192. The maximum Gasteiger partial charge on any atom is 0.163 e. The number of nitrogen functional groups attached to an aromatic ring is 1. The van der Waals surface area contributed by atoms with Gasteiger partial charge in [0.25, 0.3) is 0 Å². The average Bonchev–Trinajstić information content (AvgIpc) is 1.97. The molecule has 11 heavy (non-hydrogen) atoms. The van der Waals surface area contributed by atoms with Crippen LogP contribution in [0.15, 0.2) is 10.5 Å². The summed E-state index contributed by atoms with van der Waals surface area (Å²) in [5.74, 6) is -0.694. The van der Waals surface area contributed by atoms with Crippen molar-refractivity contribution in [3.8, 4) is 0 Å². The van der Waals surface area contributed by atoms with Gasteiger partial charge < -0.3 is 5.73 Å². The van der Waals surface area contributed by atoms with E-state index in [1.165, 1.54) is 6.07 Å². The lowest BCUT2D eigenvalue weighted by Crippen LogP contribution is -1.90. The van der Waals surface area contributed by atoms with Crippen molar-refractivity contribution < 1.29 is 4.39 Å². The van der Waals surface area contributed by atoms with Crippen molar-refractivity contribution in [1.82, 2.24) is 0 Å². The molecule has 1 aromatic rings. The smallest absolute Gasteiger partial charge is 0.163 e. The van der Waals surface area contributed by atoms with Gasteiger partial charge in [-0.2, -0.15) is 0 Å². The number of hydrogen-bond donors (Lipinski definition) is 1. The second kappa shape index (κ2) is 3.17. The molecule has 0 aliphatic heterocycles. The van der Waals surface area contributed by atoms with Crippen molar-refractivity contribution in [2.24, 2.45) is 0 Å². The van der Waals surface area contributed by atoms with Crippen molar-refractivity contribution in [1.29, 1.82) is 0 Å². The lowest BCUT2D eigenvalue weighted by atomic mass is 10.3. The predicted octanol–water partition coefficient (Wildman–Crippen LogP) is 3.48. The monoisotopic (exact) mass is 257 g/mol. The molecule has 5 heteroatoms. The Morgan fingerprint density at radius 1 is 1.36 bits per heavy atom. The molecule has 0 heterocycles. The van der Waals surface area contributed by atoms with Crippen LogP contribution in [0.1, 0.15) is 0 Å². The first-order valence-electron chi connectivity index (χ1n) is 2.62. The van der Waals surface area contributed by atoms with Crippen molar-refractivity contribution in [2.45, 2.75) is 0 Å². The van der Waals surface area contributed by atoms with Crippen LogP contribution in [0.5, 0.6) is 0 Å². The maximum atomic E-state index is 12.9. The SMILES string of the molecule is Nc1cc(Br)c(Cl)c(F)c1Cl. The number of halogens is 4.